The highest BCUT2D eigenvalue weighted by Gasteiger charge is 2.44. The summed E-state index contributed by atoms with van der Waals surface area (Å²) in [6.45, 7) is 0. The quantitative estimate of drug-likeness (QED) is 0.606. The molecule has 0 atom stereocenters. The molecule has 1 heterocycles. The SMILES string of the molecule is COc1cc(OC)cc(-n2c(C3(c4ccc(Cl)cc4)CCC3)n[nH]c2=S)c1. The van der Waals surface area contributed by atoms with Crippen molar-refractivity contribution in [3.05, 3.63) is 63.6 Å². The lowest BCUT2D eigenvalue weighted by atomic mass is 9.64. The van der Waals surface area contributed by atoms with Crippen LogP contribution in [0.1, 0.15) is 30.7 Å². The van der Waals surface area contributed by atoms with E-state index < -0.39 is 0 Å². The molecule has 0 radical (unpaired) electrons. The topological polar surface area (TPSA) is 52.1 Å². The lowest BCUT2D eigenvalue weighted by Crippen LogP contribution is -2.38. The van der Waals surface area contributed by atoms with Crippen LogP contribution < -0.4 is 9.47 Å². The maximum Gasteiger partial charge on any atom is 0.199 e. The molecule has 0 spiro atoms. The number of nitrogens with zero attached hydrogens (tertiary/aromatic N) is 2. The maximum atomic E-state index is 6.10. The first-order valence-corrected chi connectivity index (χ1v) is 9.53. The van der Waals surface area contributed by atoms with Gasteiger partial charge in [-0.25, -0.2) is 0 Å². The molecule has 1 fully saturated rings. The third-order valence-electron chi connectivity index (χ3n) is 5.30. The summed E-state index contributed by atoms with van der Waals surface area (Å²) in [5.41, 5.74) is 1.87. The van der Waals surface area contributed by atoms with E-state index in [2.05, 4.69) is 22.3 Å². The Balaban J connectivity index is 1.90. The number of halogens is 1. The van der Waals surface area contributed by atoms with Crippen molar-refractivity contribution in [1.82, 2.24) is 14.8 Å². The van der Waals surface area contributed by atoms with E-state index in [9.17, 15) is 0 Å². The highest BCUT2D eigenvalue weighted by molar-refractivity contribution is 7.71. The van der Waals surface area contributed by atoms with Crippen molar-refractivity contribution in [2.45, 2.75) is 24.7 Å². The second kappa shape index (κ2) is 7.02. The molecule has 0 unspecified atom stereocenters. The van der Waals surface area contributed by atoms with Gasteiger partial charge in [-0.05, 0) is 42.8 Å². The number of aromatic nitrogens is 3. The number of nitrogens with one attached hydrogen (secondary N) is 1. The lowest BCUT2D eigenvalue weighted by Gasteiger charge is -2.41. The zero-order chi connectivity index (χ0) is 19.0. The molecule has 1 aromatic heterocycles. The number of rotatable bonds is 5. The average Bonchev–Trinajstić information content (AvgIpc) is 3.03. The Morgan fingerprint density at radius 3 is 2.22 bits per heavy atom. The van der Waals surface area contributed by atoms with Crippen LogP contribution in [0.5, 0.6) is 11.5 Å². The molecule has 0 aliphatic heterocycles. The first-order valence-electron chi connectivity index (χ1n) is 8.75. The minimum absolute atomic E-state index is 0.186. The molecule has 0 saturated heterocycles. The van der Waals surface area contributed by atoms with E-state index in [4.69, 9.17) is 33.3 Å². The summed E-state index contributed by atoms with van der Waals surface area (Å²) in [6.07, 6.45) is 3.16. The number of hydrogen-bond acceptors (Lipinski definition) is 4. The molecule has 4 rings (SSSR count). The number of benzene rings is 2. The molecule has 1 N–H and O–H groups in total. The minimum Gasteiger partial charge on any atom is -0.497 e. The zero-order valence-corrected chi connectivity index (χ0v) is 16.7. The summed E-state index contributed by atoms with van der Waals surface area (Å²) in [4.78, 5) is 0. The van der Waals surface area contributed by atoms with E-state index in [1.165, 1.54) is 5.56 Å². The van der Waals surface area contributed by atoms with Gasteiger partial charge >= 0.3 is 0 Å². The number of methoxy groups -OCH3 is 2. The maximum absolute atomic E-state index is 6.10. The molecule has 7 heteroatoms. The first-order chi connectivity index (χ1) is 13.1. The fraction of sp³-hybridized carbons (Fsp3) is 0.300. The van der Waals surface area contributed by atoms with Crippen LogP contribution in [0.4, 0.5) is 0 Å². The van der Waals surface area contributed by atoms with Crippen LogP contribution in [0, 0.1) is 4.77 Å². The number of ether oxygens (including phenoxy) is 2. The van der Waals surface area contributed by atoms with Crippen LogP contribution in [0.2, 0.25) is 5.02 Å². The third kappa shape index (κ3) is 3.03. The molecule has 1 saturated carbocycles. The number of H-pyrrole nitrogens is 1. The lowest BCUT2D eigenvalue weighted by molar-refractivity contribution is 0.281. The summed E-state index contributed by atoms with van der Waals surface area (Å²) >= 11 is 11.7. The third-order valence-corrected chi connectivity index (χ3v) is 5.82. The fourth-order valence-corrected chi connectivity index (χ4v) is 4.08. The van der Waals surface area contributed by atoms with Crippen LogP contribution in [0.15, 0.2) is 42.5 Å². The minimum atomic E-state index is -0.186. The van der Waals surface area contributed by atoms with Crippen molar-refractivity contribution in [3.63, 3.8) is 0 Å². The van der Waals surface area contributed by atoms with Gasteiger partial charge in [0.15, 0.2) is 4.77 Å². The van der Waals surface area contributed by atoms with Gasteiger partial charge < -0.3 is 9.47 Å². The van der Waals surface area contributed by atoms with Crippen molar-refractivity contribution in [2.24, 2.45) is 0 Å². The predicted molar refractivity (Wildman–Crippen MR) is 108 cm³/mol. The Kier molecular flexibility index (Phi) is 4.70. The number of aromatic amines is 1. The van der Waals surface area contributed by atoms with Crippen molar-refractivity contribution >= 4 is 23.8 Å². The monoisotopic (exact) mass is 401 g/mol. The zero-order valence-electron chi connectivity index (χ0n) is 15.2. The van der Waals surface area contributed by atoms with Crippen LogP contribution in [0.3, 0.4) is 0 Å². The van der Waals surface area contributed by atoms with Gasteiger partial charge in [0.1, 0.15) is 17.3 Å². The van der Waals surface area contributed by atoms with E-state index >= 15 is 0 Å². The van der Waals surface area contributed by atoms with Crippen molar-refractivity contribution in [3.8, 4) is 17.2 Å². The van der Waals surface area contributed by atoms with Crippen LogP contribution >= 0.6 is 23.8 Å². The van der Waals surface area contributed by atoms with Gasteiger partial charge in [-0.1, -0.05) is 30.2 Å². The molecule has 27 heavy (non-hydrogen) atoms. The Morgan fingerprint density at radius 1 is 1.07 bits per heavy atom. The summed E-state index contributed by atoms with van der Waals surface area (Å²) in [6, 6.07) is 13.7. The predicted octanol–water partition coefficient (Wildman–Crippen LogP) is 5.07. The standard InChI is InChI=1S/C20H20ClN3O2S/c1-25-16-10-15(11-17(12-16)26-2)24-18(22-23-19(24)27)20(8-3-9-20)13-4-6-14(21)7-5-13/h4-7,10-12H,3,8-9H2,1-2H3,(H,23,27). The molecular formula is C20H20ClN3O2S. The smallest absolute Gasteiger partial charge is 0.199 e. The normalized spacial score (nSPS) is 15.2. The van der Waals surface area contributed by atoms with Crippen molar-refractivity contribution in [2.75, 3.05) is 14.2 Å². The Morgan fingerprint density at radius 2 is 1.70 bits per heavy atom. The summed E-state index contributed by atoms with van der Waals surface area (Å²) < 4.78 is 13.4. The Labute approximate surface area is 167 Å². The van der Waals surface area contributed by atoms with Gasteiger partial charge in [-0.3, -0.25) is 9.67 Å². The highest BCUT2D eigenvalue weighted by Crippen LogP contribution is 2.49. The van der Waals surface area contributed by atoms with Crippen molar-refractivity contribution < 1.29 is 9.47 Å². The Bertz CT molecular complexity index is 1000. The summed E-state index contributed by atoms with van der Waals surface area (Å²) in [5, 5.41) is 8.33. The fourth-order valence-electron chi connectivity index (χ4n) is 3.72. The van der Waals surface area contributed by atoms with Gasteiger partial charge in [-0.15, -0.1) is 0 Å². The van der Waals surface area contributed by atoms with E-state index in [1.54, 1.807) is 14.2 Å². The molecule has 0 bridgehead atoms. The number of hydrogen-bond donors (Lipinski definition) is 1. The van der Waals surface area contributed by atoms with Crippen LogP contribution in [0.25, 0.3) is 5.69 Å². The largest absolute Gasteiger partial charge is 0.497 e. The molecule has 0 amide bonds. The van der Waals surface area contributed by atoms with Gasteiger partial charge in [-0.2, -0.15) is 5.10 Å². The van der Waals surface area contributed by atoms with E-state index in [-0.39, 0.29) is 5.41 Å². The second-order valence-electron chi connectivity index (χ2n) is 6.70. The summed E-state index contributed by atoms with van der Waals surface area (Å²) in [5.74, 6) is 2.30. The van der Waals surface area contributed by atoms with Gasteiger partial charge in [0, 0.05) is 23.2 Å². The van der Waals surface area contributed by atoms with Gasteiger partial charge in [0.05, 0.1) is 25.3 Å². The van der Waals surface area contributed by atoms with Crippen molar-refractivity contribution in [1.29, 1.82) is 0 Å². The van der Waals surface area contributed by atoms with Gasteiger partial charge in [0.2, 0.25) is 0 Å². The molecular weight excluding hydrogens is 382 g/mol. The average molecular weight is 402 g/mol. The molecule has 3 aromatic rings. The van der Waals surface area contributed by atoms with E-state index in [1.807, 2.05) is 34.9 Å². The molecule has 2 aromatic carbocycles. The molecule has 1 aliphatic rings. The Hall–Kier alpha value is -2.31. The first kappa shape index (κ1) is 18.1. The van der Waals surface area contributed by atoms with Crippen LogP contribution in [-0.4, -0.2) is 29.0 Å². The molecule has 1 aliphatic carbocycles. The highest BCUT2D eigenvalue weighted by atomic mass is 35.5. The van der Waals surface area contributed by atoms with E-state index in [0.29, 0.717) is 16.3 Å². The molecule has 140 valence electrons. The van der Waals surface area contributed by atoms with Gasteiger partial charge in [0.25, 0.3) is 0 Å². The molecule has 5 nitrogen and oxygen atoms in total. The summed E-state index contributed by atoms with van der Waals surface area (Å²) in [7, 11) is 3.27. The second-order valence-corrected chi connectivity index (χ2v) is 7.52. The van der Waals surface area contributed by atoms with E-state index in [0.717, 1.165) is 35.8 Å². The van der Waals surface area contributed by atoms with Crippen LogP contribution in [-0.2, 0) is 5.41 Å².